The molecule has 192 valence electrons. The molecule has 0 aliphatic heterocycles. The number of amides is 2. The topological polar surface area (TPSA) is 121 Å². The molecule has 11 heteroatoms. The van der Waals surface area contributed by atoms with Crippen molar-refractivity contribution in [1.29, 1.82) is 0 Å². The Balaban J connectivity index is 1.84. The van der Waals surface area contributed by atoms with Gasteiger partial charge in [-0.25, -0.2) is 12.8 Å². The lowest BCUT2D eigenvalue weighted by atomic mass is 10.0. The van der Waals surface area contributed by atoms with E-state index >= 15 is 0 Å². The zero-order valence-corrected chi connectivity index (χ0v) is 21.2. The summed E-state index contributed by atoms with van der Waals surface area (Å²) in [4.78, 5) is 24.7. The molecule has 2 amide bonds. The van der Waals surface area contributed by atoms with E-state index in [1.54, 1.807) is 13.1 Å². The molecule has 0 atom stereocenters. The number of likely N-dealkylation sites (N-methyl/N-ethyl adjacent to an activating group) is 1. The van der Waals surface area contributed by atoms with Crippen molar-refractivity contribution >= 4 is 38.5 Å². The van der Waals surface area contributed by atoms with Gasteiger partial charge in [0.05, 0.1) is 30.6 Å². The molecule has 1 heterocycles. The van der Waals surface area contributed by atoms with Gasteiger partial charge in [0.25, 0.3) is 5.91 Å². The van der Waals surface area contributed by atoms with Crippen LogP contribution in [0, 0.1) is 5.82 Å². The fourth-order valence-electron chi connectivity index (χ4n) is 4.23. The molecule has 1 aromatic heterocycles. The van der Waals surface area contributed by atoms with Crippen LogP contribution in [0.2, 0.25) is 0 Å². The van der Waals surface area contributed by atoms with E-state index < -0.39 is 15.8 Å². The Labute approximate surface area is 209 Å². The summed E-state index contributed by atoms with van der Waals surface area (Å²) in [5, 5.41) is 8.64. The number of sulfonamides is 1. The first-order valence-electron chi connectivity index (χ1n) is 11.6. The molecule has 0 bridgehead atoms. The van der Waals surface area contributed by atoms with Crippen LogP contribution in [0.4, 0.5) is 10.1 Å². The number of hydrogen-bond donors (Lipinski definition) is 3. The van der Waals surface area contributed by atoms with E-state index in [9.17, 15) is 22.4 Å². The number of carbonyl (C=O) groups excluding carboxylic acids is 2. The Hall–Kier alpha value is -3.44. The van der Waals surface area contributed by atoms with Gasteiger partial charge in [0.2, 0.25) is 15.9 Å². The number of nitrogens with one attached hydrogen (secondary N) is 3. The standard InChI is InChI=1S/C25H29FN4O5S/c1-27-14-22(31)29-10-11-30(36(3,33)34)20-13-21-19(12-18(20)15-4-5-15)23(25(32)28-2)24(35-21)16-6-8-17(26)9-7-16/h6-9,12-13,15,27H,4-5,10-11,14H2,1-3H3,(H,28,32)(H,29,31). The molecule has 0 unspecified atom stereocenters. The monoisotopic (exact) mass is 516 g/mol. The van der Waals surface area contributed by atoms with Gasteiger partial charge in [0.15, 0.2) is 0 Å². The summed E-state index contributed by atoms with van der Waals surface area (Å²) in [5.41, 5.74) is 2.41. The van der Waals surface area contributed by atoms with Crippen LogP contribution in [0.3, 0.4) is 0 Å². The number of hydrogen-bond acceptors (Lipinski definition) is 6. The summed E-state index contributed by atoms with van der Waals surface area (Å²) in [6.45, 7) is 0.282. The predicted molar refractivity (Wildman–Crippen MR) is 136 cm³/mol. The van der Waals surface area contributed by atoms with Crippen molar-refractivity contribution in [3.8, 4) is 11.3 Å². The molecule has 1 saturated carbocycles. The summed E-state index contributed by atoms with van der Waals surface area (Å²) >= 11 is 0. The van der Waals surface area contributed by atoms with Crippen LogP contribution >= 0.6 is 0 Å². The number of rotatable bonds is 10. The zero-order valence-electron chi connectivity index (χ0n) is 20.4. The second-order valence-electron chi connectivity index (χ2n) is 8.79. The number of nitrogens with zero attached hydrogens (tertiary/aromatic N) is 1. The molecular formula is C25H29FN4O5S. The van der Waals surface area contributed by atoms with Crippen molar-refractivity contribution in [1.82, 2.24) is 16.0 Å². The summed E-state index contributed by atoms with van der Waals surface area (Å²) < 4.78 is 46.5. The summed E-state index contributed by atoms with van der Waals surface area (Å²) in [6, 6.07) is 9.08. The van der Waals surface area contributed by atoms with Crippen molar-refractivity contribution in [3.05, 3.63) is 53.3 Å². The highest BCUT2D eigenvalue weighted by atomic mass is 32.2. The molecular weight excluding hydrogens is 487 g/mol. The van der Waals surface area contributed by atoms with Crippen LogP contribution in [-0.2, 0) is 14.8 Å². The Morgan fingerprint density at radius 2 is 1.83 bits per heavy atom. The van der Waals surface area contributed by atoms with E-state index in [1.165, 1.54) is 35.6 Å². The molecule has 1 aliphatic rings. The van der Waals surface area contributed by atoms with Gasteiger partial charge >= 0.3 is 0 Å². The van der Waals surface area contributed by atoms with Gasteiger partial charge in [-0.15, -0.1) is 0 Å². The van der Waals surface area contributed by atoms with Crippen molar-refractivity contribution in [3.63, 3.8) is 0 Å². The number of benzene rings is 2. The maximum Gasteiger partial charge on any atom is 0.255 e. The SMILES string of the molecule is CNCC(=O)NCCN(c1cc2oc(-c3ccc(F)cc3)c(C(=O)NC)c2cc1C1CC1)S(C)(=O)=O. The third kappa shape index (κ3) is 5.36. The second kappa shape index (κ2) is 10.3. The normalized spacial score (nSPS) is 13.6. The van der Waals surface area contributed by atoms with Crippen LogP contribution < -0.4 is 20.3 Å². The molecule has 3 N–H and O–H groups in total. The third-order valence-corrected chi connectivity index (χ3v) is 7.24. The molecule has 2 aromatic carbocycles. The van der Waals surface area contributed by atoms with Crippen LogP contribution in [0.25, 0.3) is 22.3 Å². The van der Waals surface area contributed by atoms with Crippen LogP contribution in [0.15, 0.2) is 40.8 Å². The van der Waals surface area contributed by atoms with Crippen LogP contribution in [-0.4, -0.2) is 60.2 Å². The highest BCUT2D eigenvalue weighted by Gasteiger charge is 2.33. The predicted octanol–water partition coefficient (Wildman–Crippen LogP) is 2.58. The first-order valence-corrected chi connectivity index (χ1v) is 13.5. The average Bonchev–Trinajstić information content (AvgIpc) is 3.61. The van der Waals surface area contributed by atoms with Gasteiger partial charge in [0, 0.05) is 30.6 Å². The Kier molecular flexibility index (Phi) is 7.32. The maximum absolute atomic E-state index is 13.5. The molecule has 9 nitrogen and oxygen atoms in total. The lowest BCUT2D eigenvalue weighted by Crippen LogP contribution is -2.40. The van der Waals surface area contributed by atoms with Gasteiger partial charge in [-0.2, -0.15) is 0 Å². The second-order valence-corrected chi connectivity index (χ2v) is 10.7. The van der Waals surface area contributed by atoms with Crippen molar-refractivity contribution < 1.29 is 26.8 Å². The number of halogens is 1. The summed E-state index contributed by atoms with van der Waals surface area (Å²) in [6.07, 6.45) is 2.91. The van der Waals surface area contributed by atoms with Gasteiger partial charge in [-0.3, -0.25) is 13.9 Å². The molecule has 36 heavy (non-hydrogen) atoms. The average molecular weight is 517 g/mol. The lowest BCUT2D eigenvalue weighted by molar-refractivity contribution is -0.120. The Morgan fingerprint density at radius 1 is 1.14 bits per heavy atom. The van der Waals surface area contributed by atoms with Crippen LogP contribution in [0.5, 0.6) is 0 Å². The molecule has 0 spiro atoms. The van der Waals surface area contributed by atoms with Gasteiger partial charge in [-0.05, 0) is 61.7 Å². The minimum Gasteiger partial charge on any atom is -0.455 e. The van der Waals surface area contributed by atoms with E-state index in [1.807, 2.05) is 6.07 Å². The Morgan fingerprint density at radius 3 is 2.42 bits per heavy atom. The minimum absolute atomic E-state index is 0.0351. The van der Waals surface area contributed by atoms with Crippen molar-refractivity contribution in [2.45, 2.75) is 18.8 Å². The summed E-state index contributed by atoms with van der Waals surface area (Å²) in [7, 11) is -0.540. The quantitative estimate of drug-likeness (QED) is 0.381. The molecule has 1 fully saturated rings. The fraction of sp³-hybridized carbons (Fsp3) is 0.360. The van der Waals surface area contributed by atoms with E-state index in [4.69, 9.17) is 4.42 Å². The van der Waals surface area contributed by atoms with Gasteiger partial charge in [-0.1, -0.05) is 0 Å². The van der Waals surface area contributed by atoms with Crippen molar-refractivity contribution in [2.24, 2.45) is 0 Å². The molecule has 0 radical (unpaired) electrons. The Bertz CT molecular complexity index is 1400. The highest BCUT2D eigenvalue weighted by Crippen LogP contribution is 2.48. The number of anilines is 1. The number of fused-ring (bicyclic) bond motifs is 1. The van der Waals surface area contributed by atoms with E-state index in [0.29, 0.717) is 27.8 Å². The van der Waals surface area contributed by atoms with E-state index in [2.05, 4.69) is 16.0 Å². The third-order valence-electron chi connectivity index (χ3n) is 6.06. The number of furan rings is 1. The van der Waals surface area contributed by atoms with E-state index in [-0.39, 0.29) is 43.1 Å². The smallest absolute Gasteiger partial charge is 0.255 e. The first kappa shape index (κ1) is 25.6. The van der Waals surface area contributed by atoms with Gasteiger partial charge in [0.1, 0.15) is 17.2 Å². The van der Waals surface area contributed by atoms with E-state index in [0.717, 1.165) is 24.7 Å². The maximum atomic E-state index is 13.5. The largest absolute Gasteiger partial charge is 0.455 e. The molecule has 4 rings (SSSR count). The number of carbonyl (C=O) groups is 2. The summed E-state index contributed by atoms with van der Waals surface area (Å²) in [5.74, 6) is -0.605. The fourth-order valence-corrected chi connectivity index (χ4v) is 5.16. The minimum atomic E-state index is -3.70. The van der Waals surface area contributed by atoms with Gasteiger partial charge < -0.3 is 20.4 Å². The van der Waals surface area contributed by atoms with Crippen molar-refractivity contribution in [2.75, 3.05) is 44.3 Å². The van der Waals surface area contributed by atoms with Crippen LogP contribution in [0.1, 0.15) is 34.7 Å². The highest BCUT2D eigenvalue weighted by molar-refractivity contribution is 7.92. The molecule has 3 aromatic rings. The first-order chi connectivity index (χ1) is 17.1. The molecule has 1 aliphatic carbocycles. The lowest BCUT2D eigenvalue weighted by Gasteiger charge is -2.25. The molecule has 0 saturated heterocycles. The zero-order chi connectivity index (χ0) is 26.0.